The Balaban J connectivity index is 2.99. The molecule has 0 aliphatic rings. The van der Waals surface area contributed by atoms with E-state index in [4.69, 9.17) is 0 Å². The van der Waals surface area contributed by atoms with Crippen LogP contribution in [0, 0.1) is 0 Å². The van der Waals surface area contributed by atoms with Gasteiger partial charge in [-0.1, -0.05) is 27.7 Å². The maximum atomic E-state index is 12.2. The molecule has 1 rings (SSSR count). The molecule has 0 saturated heterocycles. The van der Waals surface area contributed by atoms with Crippen molar-refractivity contribution in [2.45, 2.75) is 50.4 Å². The van der Waals surface area contributed by atoms with E-state index in [2.05, 4.69) is 18.6 Å². The van der Waals surface area contributed by atoms with E-state index < -0.39 is 6.61 Å². The Morgan fingerprint density at radius 2 is 1.76 bits per heavy atom. The molecule has 0 bridgehead atoms. The van der Waals surface area contributed by atoms with Gasteiger partial charge in [-0.25, -0.2) is 0 Å². The van der Waals surface area contributed by atoms with Gasteiger partial charge in [0.15, 0.2) is 0 Å². The summed E-state index contributed by atoms with van der Waals surface area (Å²) in [5, 5.41) is 0.469. The predicted octanol–water partition coefficient (Wildman–Crippen LogP) is 4.91. The number of rotatable bonds is 5. The Morgan fingerprint density at radius 3 is 2.24 bits per heavy atom. The van der Waals surface area contributed by atoms with Gasteiger partial charge in [0.1, 0.15) is 5.75 Å². The molecule has 1 aromatic carbocycles. The third-order valence-corrected chi connectivity index (χ3v) is 3.19. The van der Waals surface area contributed by atoms with E-state index >= 15 is 0 Å². The lowest BCUT2D eigenvalue weighted by molar-refractivity contribution is -0.0505. The van der Waals surface area contributed by atoms with E-state index in [-0.39, 0.29) is 11.7 Å². The maximum Gasteiger partial charge on any atom is 0.387 e. The Hall–Kier alpha value is -0.770. The third-order valence-electron chi connectivity index (χ3n) is 2.19. The van der Waals surface area contributed by atoms with Crippen LogP contribution in [-0.2, 0) is 0 Å². The number of hydrogen-bond acceptors (Lipinski definition) is 2. The van der Waals surface area contributed by atoms with Gasteiger partial charge in [-0.2, -0.15) is 8.78 Å². The smallest absolute Gasteiger partial charge is 0.387 e. The zero-order valence-corrected chi connectivity index (χ0v) is 11.4. The molecule has 0 aliphatic carbocycles. The molecule has 0 heterocycles. The molecule has 0 amide bonds. The Kier molecular flexibility index (Phi) is 5.25. The molecule has 1 nitrogen and oxygen atoms in total. The van der Waals surface area contributed by atoms with Gasteiger partial charge >= 0.3 is 6.61 Å². The molecule has 0 N–H and O–H groups in total. The lowest BCUT2D eigenvalue weighted by Crippen LogP contribution is -2.05. The largest absolute Gasteiger partial charge is 0.435 e. The maximum absolute atomic E-state index is 12.2. The molecular weight excluding hydrogens is 242 g/mol. The molecule has 0 aliphatic heterocycles. The SMILES string of the molecule is CC(C)Sc1ccc(OC(F)F)c(C(C)C)c1. The number of alkyl halides is 2. The van der Waals surface area contributed by atoms with Crippen LogP contribution in [0.5, 0.6) is 5.75 Å². The topological polar surface area (TPSA) is 9.23 Å². The van der Waals surface area contributed by atoms with E-state index in [1.165, 1.54) is 0 Å². The quantitative estimate of drug-likeness (QED) is 0.695. The molecule has 0 unspecified atom stereocenters. The van der Waals surface area contributed by atoms with Gasteiger partial charge in [0.2, 0.25) is 0 Å². The second-order valence-electron chi connectivity index (χ2n) is 4.40. The van der Waals surface area contributed by atoms with Gasteiger partial charge < -0.3 is 4.74 Å². The van der Waals surface area contributed by atoms with Crippen molar-refractivity contribution < 1.29 is 13.5 Å². The fourth-order valence-electron chi connectivity index (χ4n) is 1.53. The summed E-state index contributed by atoms with van der Waals surface area (Å²) in [7, 11) is 0. The highest BCUT2D eigenvalue weighted by molar-refractivity contribution is 7.99. The van der Waals surface area contributed by atoms with E-state index in [0.29, 0.717) is 5.25 Å². The van der Waals surface area contributed by atoms with Crippen molar-refractivity contribution in [3.05, 3.63) is 23.8 Å². The minimum absolute atomic E-state index is 0.163. The minimum Gasteiger partial charge on any atom is -0.435 e. The molecule has 1 aromatic rings. The Labute approximate surface area is 106 Å². The van der Waals surface area contributed by atoms with Crippen molar-refractivity contribution in [2.75, 3.05) is 0 Å². The van der Waals surface area contributed by atoms with Crippen LogP contribution < -0.4 is 4.74 Å². The van der Waals surface area contributed by atoms with Gasteiger partial charge in [-0.3, -0.25) is 0 Å². The molecule has 0 radical (unpaired) electrons. The average Bonchev–Trinajstić information content (AvgIpc) is 2.18. The summed E-state index contributed by atoms with van der Waals surface area (Å²) in [6.07, 6.45) is 0. The minimum atomic E-state index is -2.77. The van der Waals surface area contributed by atoms with Crippen LogP contribution in [0.4, 0.5) is 8.78 Å². The average molecular weight is 260 g/mol. The van der Waals surface area contributed by atoms with E-state index in [9.17, 15) is 8.78 Å². The fourth-order valence-corrected chi connectivity index (χ4v) is 2.41. The summed E-state index contributed by atoms with van der Waals surface area (Å²) in [5.41, 5.74) is 0.830. The molecule has 0 aromatic heterocycles. The summed E-state index contributed by atoms with van der Waals surface area (Å²) in [4.78, 5) is 1.09. The zero-order chi connectivity index (χ0) is 13.0. The van der Waals surface area contributed by atoms with Crippen molar-refractivity contribution in [1.82, 2.24) is 0 Å². The second-order valence-corrected chi connectivity index (χ2v) is 6.05. The molecular formula is C13H18F2OS. The summed E-state index contributed by atoms with van der Waals surface area (Å²) in [5.74, 6) is 0.444. The molecule has 0 atom stereocenters. The highest BCUT2D eigenvalue weighted by atomic mass is 32.2. The summed E-state index contributed by atoms with van der Waals surface area (Å²) >= 11 is 1.71. The van der Waals surface area contributed by atoms with Crippen LogP contribution in [-0.4, -0.2) is 11.9 Å². The van der Waals surface area contributed by atoms with E-state index in [1.807, 2.05) is 26.0 Å². The predicted molar refractivity (Wildman–Crippen MR) is 68.2 cm³/mol. The lowest BCUT2D eigenvalue weighted by atomic mass is 10.0. The molecule has 0 saturated carbocycles. The van der Waals surface area contributed by atoms with Gasteiger partial charge in [-0.05, 0) is 29.7 Å². The molecule has 0 spiro atoms. The molecule has 17 heavy (non-hydrogen) atoms. The van der Waals surface area contributed by atoms with Gasteiger partial charge in [0.25, 0.3) is 0 Å². The highest BCUT2D eigenvalue weighted by Gasteiger charge is 2.13. The Bertz CT molecular complexity index is 364. The van der Waals surface area contributed by atoms with E-state index in [1.54, 1.807) is 17.8 Å². The molecule has 4 heteroatoms. The van der Waals surface area contributed by atoms with Crippen LogP contribution >= 0.6 is 11.8 Å². The molecule has 0 fully saturated rings. The van der Waals surface area contributed by atoms with Gasteiger partial charge in [-0.15, -0.1) is 11.8 Å². The van der Waals surface area contributed by atoms with Crippen molar-refractivity contribution in [2.24, 2.45) is 0 Å². The monoisotopic (exact) mass is 260 g/mol. The third kappa shape index (κ3) is 4.54. The van der Waals surface area contributed by atoms with Crippen molar-refractivity contribution >= 4 is 11.8 Å². The first-order valence-corrected chi connectivity index (χ1v) is 6.53. The highest BCUT2D eigenvalue weighted by Crippen LogP contribution is 2.33. The summed E-state index contributed by atoms with van der Waals surface area (Å²) in [6.45, 7) is 5.37. The summed E-state index contributed by atoms with van der Waals surface area (Å²) in [6, 6.07) is 5.40. The fraction of sp³-hybridized carbons (Fsp3) is 0.538. The number of hydrogen-bond donors (Lipinski definition) is 0. The first-order chi connectivity index (χ1) is 7.90. The van der Waals surface area contributed by atoms with Crippen molar-refractivity contribution in [1.29, 1.82) is 0 Å². The van der Waals surface area contributed by atoms with Crippen LogP contribution in [0.25, 0.3) is 0 Å². The number of thioether (sulfide) groups is 1. The van der Waals surface area contributed by atoms with Gasteiger partial charge in [0, 0.05) is 10.1 Å². The van der Waals surface area contributed by atoms with Gasteiger partial charge in [0.05, 0.1) is 0 Å². The first-order valence-electron chi connectivity index (χ1n) is 5.65. The van der Waals surface area contributed by atoms with Crippen LogP contribution in [0.2, 0.25) is 0 Å². The number of ether oxygens (including phenoxy) is 1. The van der Waals surface area contributed by atoms with Crippen LogP contribution in [0.15, 0.2) is 23.1 Å². The van der Waals surface area contributed by atoms with Crippen molar-refractivity contribution in [3.63, 3.8) is 0 Å². The second kappa shape index (κ2) is 6.24. The van der Waals surface area contributed by atoms with Crippen LogP contribution in [0.3, 0.4) is 0 Å². The zero-order valence-electron chi connectivity index (χ0n) is 10.5. The van der Waals surface area contributed by atoms with Crippen LogP contribution in [0.1, 0.15) is 39.2 Å². The number of benzene rings is 1. The van der Waals surface area contributed by atoms with E-state index in [0.717, 1.165) is 10.5 Å². The number of halogens is 2. The Morgan fingerprint density at radius 1 is 1.12 bits per heavy atom. The first kappa shape index (κ1) is 14.3. The standard InChI is InChI=1S/C13H18F2OS/c1-8(2)11-7-10(17-9(3)4)5-6-12(11)16-13(14)15/h5-9,13H,1-4H3. The lowest BCUT2D eigenvalue weighted by Gasteiger charge is -2.15. The normalized spacial score (nSPS) is 11.6. The summed E-state index contributed by atoms with van der Waals surface area (Å²) < 4.78 is 29.0. The van der Waals surface area contributed by atoms with Crippen molar-refractivity contribution in [3.8, 4) is 5.75 Å². The molecule has 96 valence electrons.